The number of amides is 1. The van der Waals surface area contributed by atoms with Crippen molar-refractivity contribution in [3.63, 3.8) is 0 Å². The van der Waals surface area contributed by atoms with Crippen LogP contribution in [0.2, 0.25) is 5.02 Å². The predicted molar refractivity (Wildman–Crippen MR) is 94.5 cm³/mol. The number of nitrogens with zero attached hydrogens (tertiary/aromatic N) is 1. The lowest BCUT2D eigenvalue weighted by atomic mass is 9.38. The van der Waals surface area contributed by atoms with Crippen LogP contribution in [-0.2, 0) is 11.0 Å². The molecule has 3 aliphatic carbocycles. The molecule has 30 heavy (non-hydrogen) atoms. The van der Waals surface area contributed by atoms with Crippen LogP contribution in [0.25, 0.3) is 0 Å². The molecular weight excluding hydrogens is 432 g/mol. The van der Waals surface area contributed by atoms with E-state index in [1.54, 1.807) is 0 Å². The van der Waals surface area contributed by atoms with Crippen molar-refractivity contribution in [1.29, 1.82) is 0 Å². The van der Waals surface area contributed by atoms with Gasteiger partial charge in [-0.15, -0.1) is 0 Å². The second-order valence-corrected chi connectivity index (χ2v) is 8.28. The first kappa shape index (κ1) is 20.6. The summed E-state index contributed by atoms with van der Waals surface area (Å²) in [5.41, 5.74) is -0.791. The summed E-state index contributed by atoms with van der Waals surface area (Å²) < 4.78 is 60.7. The fourth-order valence-electron chi connectivity index (χ4n) is 4.33. The van der Waals surface area contributed by atoms with Gasteiger partial charge in [0.25, 0.3) is 5.91 Å². The van der Waals surface area contributed by atoms with E-state index in [0.29, 0.717) is 19.3 Å². The summed E-state index contributed by atoms with van der Waals surface area (Å²) in [7, 11) is 0. The number of halogens is 5. The lowest BCUT2D eigenvalue weighted by Gasteiger charge is -2.70. The molecular formula is C19H15ClF4N2O4. The van der Waals surface area contributed by atoms with Crippen LogP contribution in [-0.4, -0.2) is 28.8 Å². The Labute approximate surface area is 172 Å². The van der Waals surface area contributed by atoms with Crippen molar-refractivity contribution in [2.45, 2.75) is 37.4 Å². The number of ether oxygens (including phenoxy) is 1. The van der Waals surface area contributed by atoms with Crippen molar-refractivity contribution < 1.29 is 36.3 Å². The maximum Gasteiger partial charge on any atom is 0.468 e. The summed E-state index contributed by atoms with van der Waals surface area (Å²) in [5, 5.41) is 2.62. The highest BCUT2D eigenvalue weighted by atomic mass is 35.5. The van der Waals surface area contributed by atoms with E-state index in [2.05, 4.69) is 14.7 Å². The van der Waals surface area contributed by atoms with Crippen LogP contribution in [0, 0.1) is 11.2 Å². The van der Waals surface area contributed by atoms with Crippen LogP contribution < -0.4 is 10.1 Å². The second-order valence-electron chi connectivity index (χ2n) is 7.87. The SMILES string of the molecule is O=C(COc1ccc(Cl)c(F)c1)CC12CC(NC(=O)c3cnc(C(F)(F)F)o3)(C1)C2. The van der Waals surface area contributed by atoms with Crippen molar-refractivity contribution in [2.75, 3.05) is 6.61 Å². The van der Waals surface area contributed by atoms with Gasteiger partial charge in [-0.05, 0) is 36.8 Å². The fourth-order valence-corrected chi connectivity index (χ4v) is 4.45. The average Bonchev–Trinajstić information content (AvgIpc) is 3.10. The maximum atomic E-state index is 13.4. The smallest absolute Gasteiger partial charge is 0.468 e. The van der Waals surface area contributed by atoms with E-state index in [-0.39, 0.29) is 35.0 Å². The van der Waals surface area contributed by atoms with Crippen molar-refractivity contribution in [2.24, 2.45) is 5.41 Å². The maximum absolute atomic E-state index is 13.4. The molecule has 0 atom stereocenters. The molecule has 0 radical (unpaired) electrons. The van der Waals surface area contributed by atoms with Gasteiger partial charge < -0.3 is 14.5 Å². The molecule has 0 spiro atoms. The molecule has 1 aromatic heterocycles. The summed E-state index contributed by atoms with van der Waals surface area (Å²) in [4.78, 5) is 27.4. The Kier molecular flexibility index (Phi) is 4.80. The molecule has 3 saturated carbocycles. The molecule has 5 rings (SSSR count). The summed E-state index contributed by atoms with van der Waals surface area (Å²) in [6.45, 7) is -0.222. The molecule has 6 nitrogen and oxygen atoms in total. The van der Waals surface area contributed by atoms with Crippen molar-refractivity contribution in [3.05, 3.63) is 46.9 Å². The molecule has 11 heteroatoms. The number of aromatic nitrogens is 1. The molecule has 1 N–H and O–H groups in total. The number of carbonyl (C=O) groups excluding carboxylic acids is 2. The summed E-state index contributed by atoms with van der Waals surface area (Å²) in [6, 6.07) is 3.88. The van der Waals surface area contributed by atoms with Crippen LogP contribution in [0.15, 0.2) is 28.8 Å². The Balaban J connectivity index is 1.24. The molecule has 3 fully saturated rings. The third-order valence-corrected chi connectivity index (χ3v) is 5.66. The molecule has 3 aliphatic rings. The van der Waals surface area contributed by atoms with E-state index in [4.69, 9.17) is 16.3 Å². The minimum Gasteiger partial charge on any atom is -0.486 e. The van der Waals surface area contributed by atoms with Crippen LogP contribution in [0.4, 0.5) is 17.6 Å². The van der Waals surface area contributed by atoms with E-state index in [1.165, 1.54) is 12.1 Å². The van der Waals surface area contributed by atoms with E-state index in [0.717, 1.165) is 12.3 Å². The lowest BCUT2D eigenvalue weighted by molar-refractivity contribution is -0.163. The zero-order valence-electron chi connectivity index (χ0n) is 15.3. The van der Waals surface area contributed by atoms with Crippen molar-refractivity contribution in [3.8, 4) is 5.75 Å². The summed E-state index contributed by atoms with van der Waals surface area (Å²) >= 11 is 5.58. The van der Waals surface area contributed by atoms with Gasteiger partial charge in [0, 0.05) is 18.0 Å². The Bertz CT molecular complexity index is 1000. The highest BCUT2D eigenvalue weighted by Gasteiger charge is 2.68. The van der Waals surface area contributed by atoms with Crippen LogP contribution in [0.1, 0.15) is 42.1 Å². The predicted octanol–water partition coefficient (Wildman–Crippen LogP) is 4.18. The van der Waals surface area contributed by atoms with Gasteiger partial charge in [-0.1, -0.05) is 11.6 Å². The first-order valence-electron chi connectivity index (χ1n) is 8.94. The molecule has 0 unspecified atom stereocenters. The number of benzene rings is 1. The minimum absolute atomic E-state index is 0.0464. The Hall–Kier alpha value is -2.62. The van der Waals surface area contributed by atoms with E-state index in [1.807, 2.05) is 0 Å². The van der Waals surface area contributed by atoms with Crippen LogP contribution in [0.5, 0.6) is 5.75 Å². The third-order valence-electron chi connectivity index (χ3n) is 5.35. The molecule has 1 aromatic carbocycles. The first-order valence-corrected chi connectivity index (χ1v) is 9.32. The molecule has 2 bridgehead atoms. The lowest BCUT2D eigenvalue weighted by Crippen LogP contribution is -2.75. The zero-order valence-corrected chi connectivity index (χ0v) is 16.1. The Morgan fingerprint density at radius 1 is 1.27 bits per heavy atom. The number of nitrogens with one attached hydrogen (secondary N) is 1. The standard InChI is InChI=1S/C19H15ClF4N2O4/c20-12-2-1-11(3-13(12)21)29-6-10(27)4-17-7-18(8-17,9-17)26-15(28)14-5-25-16(30-14)19(22,23)24/h1-3,5H,4,6-9H2,(H,26,28). The topological polar surface area (TPSA) is 81.4 Å². The van der Waals surface area contributed by atoms with Gasteiger partial charge in [-0.3, -0.25) is 9.59 Å². The highest BCUT2D eigenvalue weighted by molar-refractivity contribution is 6.30. The first-order chi connectivity index (χ1) is 14.0. The number of alkyl halides is 3. The number of hydrogen-bond acceptors (Lipinski definition) is 5. The number of Topliss-reactive ketones (excluding diaryl/α,β-unsaturated/α-hetero) is 1. The van der Waals surface area contributed by atoms with Gasteiger partial charge >= 0.3 is 12.1 Å². The molecule has 0 saturated heterocycles. The van der Waals surface area contributed by atoms with Gasteiger partial charge in [-0.25, -0.2) is 9.37 Å². The summed E-state index contributed by atoms with van der Waals surface area (Å²) in [5.74, 6) is -3.39. The van der Waals surface area contributed by atoms with E-state index in [9.17, 15) is 27.2 Å². The van der Waals surface area contributed by atoms with Gasteiger partial charge in [0.1, 0.15) is 18.2 Å². The van der Waals surface area contributed by atoms with Crippen molar-refractivity contribution in [1.82, 2.24) is 10.3 Å². The number of rotatable bonds is 7. The normalized spacial score (nSPS) is 24.6. The van der Waals surface area contributed by atoms with Gasteiger partial charge in [0.05, 0.1) is 11.2 Å². The van der Waals surface area contributed by atoms with E-state index >= 15 is 0 Å². The van der Waals surface area contributed by atoms with Gasteiger partial charge in [0.15, 0.2) is 5.78 Å². The van der Waals surface area contributed by atoms with Crippen LogP contribution >= 0.6 is 11.6 Å². The highest BCUT2D eigenvalue weighted by Crippen LogP contribution is 2.69. The molecule has 160 valence electrons. The van der Waals surface area contributed by atoms with Gasteiger partial charge in [0.2, 0.25) is 5.76 Å². The number of carbonyl (C=O) groups is 2. The summed E-state index contributed by atoms with van der Waals surface area (Å²) in [6.07, 6.45) is -2.19. The zero-order chi connectivity index (χ0) is 21.7. The molecule has 2 aromatic rings. The molecule has 1 amide bonds. The average molecular weight is 447 g/mol. The number of oxazole rings is 1. The number of ketones is 1. The van der Waals surface area contributed by atoms with E-state index < -0.39 is 35.1 Å². The second kappa shape index (κ2) is 6.97. The minimum atomic E-state index is -4.76. The third kappa shape index (κ3) is 3.88. The number of hydrogen-bond donors (Lipinski definition) is 1. The monoisotopic (exact) mass is 446 g/mol. The molecule has 1 heterocycles. The molecule has 0 aliphatic heterocycles. The van der Waals surface area contributed by atoms with Crippen LogP contribution in [0.3, 0.4) is 0 Å². The van der Waals surface area contributed by atoms with Gasteiger partial charge in [-0.2, -0.15) is 13.2 Å². The fraction of sp³-hybridized carbons (Fsp3) is 0.421. The quantitative estimate of drug-likeness (QED) is 0.645. The Morgan fingerprint density at radius 3 is 2.57 bits per heavy atom. The van der Waals surface area contributed by atoms with Crippen molar-refractivity contribution >= 4 is 23.3 Å². The largest absolute Gasteiger partial charge is 0.486 e. The Morgan fingerprint density at radius 2 is 1.97 bits per heavy atom.